The SMILES string of the molecule is CC(=O)OCC(O)(c1ccccc1)C1CCCCC1. The minimum Gasteiger partial charge on any atom is -0.462 e. The molecule has 1 unspecified atom stereocenters. The Kier molecular flexibility index (Phi) is 4.59. The Hall–Kier alpha value is -1.35. The maximum atomic E-state index is 11.1. The molecule has 0 amide bonds. The van der Waals surface area contributed by atoms with Gasteiger partial charge in [-0.2, -0.15) is 0 Å². The molecule has 19 heavy (non-hydrogen) atoms. The number of hydrogen-bond donors (Lipinski definition) is 1. The Morgan fingerprint density at radius 1 is 1.26 bits per heavy atom. The van der Waals surface area contributed by atoms with E-state index in [4.69, 9.17) is 4.74 Å². The molecule has 1 aliphatic rings. The van der Waals surface area contributed by atoms with Gasteiger partial charge in [-0.15, -0.1) is 0 Å². The molecule has 0 aromatic heterocycles. The lowest BCUT2D eigenvalue weighted by Gasteiger charge is -2.38. The Balaban J connectivity index is 2.23. The molecule has 1 saturated carbocycles. The van der Waals surface area contributed by atoms with Crippen LogP contribution in [-0.2, 0) is 15.1 Å². The topological polar surface area (TPSA) is 46.5 Å². The summed E-state index contributed by atoms with van der Waals surface area (Å²) >= 11 is 0. The zero-order valence-corrected chi connectivity index (χ0v) is 11.5. The third-order valence-electron chi connectivity index (χ3n) is 4.05. The highest BCUT2D eigenvalue weighted by Crippen LogP contribution is 2.39. The number of rotatable bonds is 4. The van der Waals surface area contributed by atoms with Gasteiger partial charge < -0.3 is 9.84 Å². The van der Waals surface area contributed by atoms with Crippen molar-refractivity contribution < 1.29 is 14.6 Å². The summed E-state index contributed by atoms with van der Waals surface area (Å²) in [7, 11) is 0. The summed E-state index contributed by atoms with van der Waals surface area (Å²) in [5.74, 6) is -0.173. The number of hydrogen-bond acceptors (Lipinski definition) is 3. The second-order valence-electron chi connectivity index (χ2n) is 5.41. The van der Waals surface area contributed by atoms with Crippen molar-refractivity contribution in [3.8, 4) is 0 Å². The second kappa shape index (κ2) is 6.20. The zero-order chi connectivity index (χ0) is 13.7. The molecule has 0 aliphatic heterocycles. The number of ether oxygens (including phenoxy) is 1. The van der Waals surface area contributed by atoms with Crippen LogP contribution in [0, 0.1) is 5.92 Å². The molecule has 3 heteroatoms. The first-order valence-electron chi connectivity index (χ1n) is 7.04. The first kappa shape index (κ1) is 14.1. The lowest BCUT2D eigenvalue weighted by atomic mass is 9.74. The largest absolute Gasteiger partial charge is 0.462 e. The van der Waals surface area contributed by atoms with E-state index in [1.165, 1.54) is 13.3 Å². The predicted octanol–water partition coefficient (Wildman–Crippen LogP) is 3.02. The van der Waals surface area contributed by atoms with E-state index >= 15 is 0 Å². The summed E-state index contributed by atoms with van der Waals surface area (Å²) in [6, 6.07) is 9.58. The first-order valence-corrected chi connectivity index (χ1v) is 7.04. The molecule has 2 rings (SSSR count). The number of benzene rings is 1. The van der Waals surface area contributed by atoms with Crippen molar-refractivity contribution >= 4 is 5.97 Å². The zero-order valence-electron chi connectivity index (χ0n) is 11.5. The minimum atomic E-state index is -1.05. The number of carbonyl (C=O) groups is 1. The second-order valence-corrected chi connectivity index (χ2v) is 5.41. The van der Waals surface area contributed by atoms with Gasteiger partial charge in [0.2, 0.25) is 0 Å². The lowest BCUT2D eigenvalue weighted by Crippen LogP contribution is -2.41. The average molecular weight is 262 g/mol. The maximum Gasteiger partial charge on any atom is 0.302 e. The summed E-state index contributed by atoms with van der Waals surface area (Å²) in [4.78, 5) is 11.1. The van der Waals surface area contributed by atoms with E-state index in [1.54, 1.807) is 0 Å². The standard InChI is InChI=1S/C16H22O3/c1-13(17)19-12-16(18,14-8-4-2-5-9-14)15-10-6-3-7-11-15/h2,4-5,8-9,15,18H,3,6-7,10-12H2,1H3. The van der Waals surface area contributed by atoms with E-state index in [1.807, 2.05) is 30.3 Å². The van der Waals surface area contributed by atoms with Crippen molar-refractivity contribution in [2.75, 3.05) is 6.61 Å². The average Bonchev–Trinajstić information content (AvgIpc) is 2.46. The molecule has 104 valence electrons. The Bertz CT molecular complexity index is 409. The molecular weight excluding hydrogens is 240 g/mol. The lowest BCUT2D eigenvalue weighted by molar-refractivity contribution is -0.155. The fraction of sp³-hybridized carbons (Fsp3) is 0.562. The van der Waals surface area contributed by atoms with Crippen LogP contribution in [0.5, 0.6) is 0 Å². The Morgan fingerprint density at radius 2 is 1.89 bits per heavy atom. The van der Waals surface area contributed by atoms with Crippen molar-refractivity contribution in [3.63, 3.8) is 0 Å². The quantitative estimate of drug-likeness (QED) is 0.848. The van der Waals surface area contributed by atoms with Crippen molar-refractivity contribution in [1.29, 1.82) is 0 Å². The molecule has 3 nitrogen and oxygen atoms in total. The summed E-state index contributed by atoms with van der Waals surface area (Å²) in [6.45, 7) is 1.43. The molecule has 1 N–H and O–H groups in total. The molecule has 0 saturated heterocycles. The number of carbonyl (C=O) groups excluding carboxylic acids is 1. The molecule has 0 heterocycles. The minimum absolute atomic E-state index is 0.0526. The number of esters is 1. The summed E-state index contributed by atoms with van der Waals surface area (Å²) in [5, 5.41) is 11.1. The van der Waals surface area contributed by atoms with Gasteiger partial charge in [0.25, 0.3) is 0 Å². The smallest absolute Gasteiger partial charge is 0.302 e. The predicted molar refractivity (Wildman–Crippen MR) is 73.5 cm³/mol. The van der Waals surface area contributed by atoms with Crippen LogP contribution in [0.4, 0.5) is 0 Å². The molecule has 1 fully saturated rings. The number of aliphatic hydroxyl groups is 1. The van der Waals surface area contributed by atoms with Gasteiger partial charge in [0.15, 0.2) is 0 Å². The van der Waals surface area contributed by atoms with E-state index in [9.17, 15) is 9.90 Å². The van der Waals surface area contributed by atoms with Crippen molar-refractivity contribution in [1.82, 2.24) is 0 Å². The Labute approximate surface area is 114 Å². The highest BCUT2D eigenvalue weighted by molar-refractivity contribution is 5.66. The maximum absolute atomic E-state index is 11.1. The van der Waals surface area contributed by atoms with Crippen LogP contribution < -0.4 is 0 Å². The van der Waals surface area contributed by atoms with E-state index < -0.39 is 5.60 Å². The van der Waals surface area contributed by atoms with Gasteiger partial charge in [0, 0.05) is 6.92 Å². The third kappa shape index (κ3) is 3.35. The molecule has 1 aromatic rings. The fourth-order valence-electron chi connectivity index (χ4n) is 2.96. The summed E-state index contributed by atoms with van der Waals surface area (Å²) in [6.07, 6.45) is 5.49. The normalized spacial score (nSPS) is 19.7. The van der Waals surface area contributed by atoms with Crippen LogP contribution >= 0.6 is 0 Å². The van der Waals surface area contributed by atoms with Crippen LogP contribution in [0.15, 0.2) is 30.3 Å². The molecule has 1 aliphatic carbocycles. The van der Waals surface area contributed by atoms with Crippen LogP contribution in [-0.4, -0.2) is 17.7 Å². The van der Waals surface area contributed by atoms with Crippen LogP contribution in [0.3, 0.4) is 0 Å². The van der Waals surface area contributed by atoms with Gasteiger partial charge in [-0.25, -0.2) is 0 Å². The van der Waals surface area contributed by atoms with Gasteiger partial charge >= 0.3 is 5.97 Å². The molecule has 0 radical (unpaired) electrons. The van der Waals surface area contributed by atoms with Crippen molar-refractivity contribution in [3.05, 3.63) is 35.9 Å². The van der Waals surface area contributed by atoms with E-state index in [-0.39, 0.29) is 18.5 Å². The van der Waals surface area contributed by atoms with Gasteiger partial charge in [-0.1, -0.05) is 49.6 Å². The molecule has 0 spiro atoms. The van der Waals surface area contributed by atoms with E-state index in [0.29, 0.717) is 0 Å². The Morgan fingerprint density at radius 3 is 2.47 bits per heavy atom. The van der Waals surface area contributed by atoms with Crippen LogP contribution in [0.2, 0.25) is 0 Å². The highest BCUT2D eigenvalue weighted by Gasteiger charge is 2.39. The molecular formula is C16H22O3. The van der Waals surface area contributed by atoms with Crippen molar-refractivity contribution in [2.45, 2.75) is 44.6 Å². The summed E-state index contributed by atoms with van der Waals surface area (Å²) < 4.78 is 5.13. The van der Waals surface area contributed by atoms with Gasteiger partial charge in [0.1, 0.15) is 12.2 Å². The van der Waals surface area contributed by atoms with E-state index in [2.05, 4.69) is 0 Å². The van der Waals surface area contributed by atoms with Crippen LogP contribution in [0.1, 0.15) is 44.6 Å². The first-order chi connectivity index (χ1) is 9.13. The van der Waals surface area contributed by atoms with Crippen LogP contribution in [0.25, 0.3) is 0 Å². The van der Waals surface area contributed by atoms with Crippen molar-refractivity contribution in [2.24, 2.45) is 5.92 Å². The highest BCUT2D eigenvalue weighted by atomic mass is 16.5. The molecule has 0 bridgehead atoms. The van der Waals surface area contributed by atoms with Gasteiger partial charge in [-0.05, 0) is 24.3 Å². The third-order valence-corrected chi connectivity index (χ3v) is 4.05. The fourth-order valence-corrected chi connectivity index (χ4v) is 2.96. The van der Waals surface area contributed by atoms with Gasteiger partial charge in [-0.3, -0.25) is 4.79 Å². The summed E-state index contributed by atoms with van der Waals surface area (Å²) in [5.41, 5.74) is -0.198. The van der Waals surface area contributed by atoms with Gasteiger partial charge in [0.05, 0.1) is 0 Å². The van der Waals surface area contributed by atoms with E-state index in [0.717, 1.165) is 31.2 Å². The molecule has 1 atom stereocenters. The monoisotopic (exact) mass is 262 g/mol. The molecule has 1 aromatic carbocycles.